The van der Waals surface area contributed by atoms with Gasteiger partial charge in [-0.15, -0.1) is 0 Å². The van der Waals surface area contributed by atoms with Crippen LogP contribution in [0.25, 0.3) is 11.1 Å². The highest BCUT2D eigenvalue weighted by molar-refractivity contribution is 14.1. The number of nitrogens with one attached hydrogen (secondary N) is 1. The zero-order valence-electron chi connectivity index (χ0n) is 9.96. The molecule has 1 amide bonds. The van der Waals surface area contributed by atoms with Gasteiger partial charge in [0.15, 0.2) is 0 Å². The van der Waals surface area contributed by atoms with Crippen molar-refractivity contribution in [1.29, 1.82) is 0 Å². The minimum atomic E-state index is -0.0195. The first kappa shape index (κ1) is 11.7. The highest BCUT2D eigenvalue weighted by Gasteiger charge is 2.21. The summed E-state index contributed by atoms with van der Waals surface area (Å²) in [4.78, 5) is 11.2. The van der Waals surface area contributed by atoms with Crippen LogP contribution in [-0.4, -0.2) is 5.91 Å². The Morgan fingerprint density at radius 2 is 2.06 bits per heavy atom. The molecular weight excluding hydrogens is 337 g/mol. The van der Waals surface area contributed by atoms with E-state index in [4.69, 9.17) is 0 Å². The fourth-order valence-corrected chi connectivity index (χ4v) is 3.05. The number of amides is 1. The molecule has 0 unspecified atom stereocenters. The summed E-state index contributed by atoms with van der Waals surface area (Å²) in [5, 5.41) is 2.91. The Kier molecular flexibility index (Phi) is 2.86. The molecule has 0 bridgehead atoms. The van der Waals surface area contributed by atoms with Crippen molar-refractivity contribution in [2.45, 2.75) is 13.3 Å². The number of fused-ring (bicyclic) bond motifs is 3. The van der Waals surface area contributed by atoms with Crippen LogP contribution < -0.4 is 5.32 Å². The topological polar surface area (TPSA) is 29.1 Å². The third-order valence-corrected chi connectivity index (χ3v) is 3.88. The molecule has 18 heavy (non-hydrogen) atoms. The number of hydrogen-bond acceptors (Lipinski definition) is 1. The minimum Gasteiger partial charge on any atom is -0.326 e. The molecule has 0 saturated heterocycles. The van der Waals surface area contributed by atoms with Gasteiger partial charge in [-0.1, -0.05) is 18.2 Å². The first-order valence-corrected chi connectivity index (χ1v) is 6.91. The zero-order valence-corrected chi connectivity index (χ0v) is 12.1. The monoisotopic (exact) mass is 349 g/mol. The second-order valence-electron chi connectivity index (χ2n) is 4.49. The average molecular weight is 349 g/mol. The summed E-state index contributed by atoms with van der Waals surface area (Å²) in [6.07, 6.45) is 0.901. The smallest absolute Gasteiger partial charge is 0.221 e. The lowest BCUT2D eigenvalue weighted by Gasteiger charge is -2.08. The SMILES string of the molecule is CC(=O)Nc1cccc2c1Cc1cc(I)ccc1-2. The van der Waals surface area contributed by atoms with Gasteiger partial charge in [0.25, 0.3) is 0 Å². The Labute approximate surface area is 120 Å². The van der Waals surface area contributed by atoms with Gasteiger partial charge in [-0.2, -0.15) is 0 Å². The molecule has 0 heterocycles. The van der Waals surface area contributed by atoms with Crippen LogP contribution in [0.1, 0.15) is 18.1 Å². The predicted octanol–water partition coefficient (Wildman–Crippen LogP) is 3.82. The number of benzene rings is 2. The van der Waals surface area contributed by atoms with E-state index in [1.165, 1.54) is 25.8 Å². The first-order chi connectivity index (χ1) is 8.65. The molecule has 0 spiro atoms. The molecule has 0 saturated carbocycles. The van der Waals surface area contributed by atoms with Crippen LogP contribution in [-0.2, 0) is 11.2 Å². The van der Waals surface area contributed by atoms with E-state index in [0.717, 1.165) is 12.1 Å². The van der Waals surface area contributed by atoms with Crippen LogP contribution in [0.5, 0.6) is 0 Å². The van der Waals surface area contributed by atoms with Gasteiger partial charge in [0, 0.05) is 22.6 Å². The van der Waals surface area contributed by atoms with Gasteiger partial charge in [-0.25, -0.2) is 0 Å². The highest BCUT2D eigenvalue weighted by atomic mass is 127. The third-order valence-electron chi connectivity index (χ3n) is 3.21. The van der Waals surface area contributed by atoms with E-state index < -0.39 is 0 Å². The maximum absolute atomic E-state index is 11.2. The second-order valence-corrected chi connectivity index (χ2v) is 5.74. The quantitative estimate of drug-likeness (QED) is 0.665. The van der Waals surface area contributed by atoms with Gasteiger partial charge in [0.1, 0.15) is 0 Å². The van der Waals surface area contributed by atoms with Crippen molar-refractivity contribution in [2.24, 2.45) is 0 Å². The Morgan fingerprint density at radius 3 is 2.83 bits per heavy atom. The van der Waals surface area contributed by atoms with Gasteiger partial charge in [-0.05, 0) is 63.0 Å². The van der Waals surface area contributed by atoms with Crippen molar-refractivity contribution in [3.63, 3.8) is 0 Å². The lowest BCUT2D eigenvalue weighted by molar-refractivity contribution is -0.114. The van der Waals surface area contributed by atoms with Gasteiger partial charge in [-0.3, -0.25) is 4.79 Å². The van der Waals surface area contributed by atoms with E-state index in [1.54, 1.807) is 6.92 Å². The van der Waals surface area contributed by atoms with E-state index in [1.807, 2.05) is 12.1 Å². The number of anilines is 1. The van der Waals surface area contributed by atoms with Gasteiger partial charge >= 0.3 is 0 Å². The second kappa shape index (κ2) is 4.39. The molecule has 1 aliphatic carbocycles. The highest BCUT2D eigenvalue weighted by Crippen LogP contribution is 2.40. The Hall–Kier alpha value is -1.36. The molecule has 1 aliphatic rings. The molecule has 0 aliphatic heterocycles. The molecule has 0 atom stereocenters. The van der Waals surface area contributed by atoms with Crippen LogP contribution in [0.3, 0.4) is 0 Å². The number of halogens is 1. The summed E-state index contributed by atoms with van der Waals surface area (Å²) in [5.41, 5.74) is 6.04. The van der Waals surface area contributed by atoms with Crippen molar-refractivity contribution < 1.29 is 4.79 Å². The molecule has 2 aromatic rings. The van der Waals surface area contributed by atoms with E-state index in [-0.39, 0.29) is 5.91 Å². The molecule has 2 aromatic carbocycles. The summed E-state index contributed by atoms with van der Waals surface area (Å²) in [5.74, 6) is -0.0195. The standard InChI is InChI=1S/C15H12INO/c1-9(18)17-15-4-2-3-13-12-6-5-11(16)7-10(12)8-14(13)15/h2-7H,8H2,1H3,(H,17,18). The minimum absolute atomic E-state index is 0.0195. The lowest BCUT2D eigenvalue weighted by Crippen LogP contribution is -2.07. The van der Waals surface area contributed by atoms with Crippen molar-refractivity contribution >= 4 is 34.2 Å². The summed E-state index contributed by atoms with van der Waals surface area (Å²) in [6.45, 7) is 1.55. The van der Waals surface area contributed by atoms with Crippen molar-refractivity contribution in [2.75, 3.05) is 5.32 Å². The van der Waals surface area contributed by atoms with Crippen LogP contribution in [0, 0.1) is 3.57 Å². The summed E-state index contributed by atoms with van der Waals surface area (Å²) in [6, 6.07) is 12.6. The number of carbonyl (C=O) groups excluding carboxylic acids is 1. The predicted molar refractivity (Wildman–Crippen MR) is 81.7 cm³/mol. The first-order valence-electron chi connectivity index (χ1n) is 5.83. The van der Waals surface area contributed by atoms with E-state index in [2.05, 4.69) is 52.2 Å². The zero-order chi connectivity index (χ0) is 12.7. The fourth-order valence-electron chi connectivity index (χ4n) is 2.50. The third kappa shape index (κ3) is 1.92. The summed E-state index contributed by atoms with van der Waals surface area (Å²) in [7, 11) is 0. The fraction of sp³-hybridized carbons (Fsp3) is 0.133. The van der Waals surface area contributed by atoms with Crippen molar-refractivity contribution in [3.05, 3.63) is 51.1 Å². The average Bonchev–Trinajstić information content (AvgIpc) is 2.67. The molecule has 0 radical (unpaired) electrons. The number of rotatable bonds is 1. The Balaban J connectivity index is 2.13. The number of hydrogen-bond donors (Lipinski definition) is 1. The van der Waals surface area contributed by atoms with Crippen LogP contribution in [0.15, 0.2) is 36.4 Å². The molecule has 3 heteroatoms. The van der Waals surface area contributed by atoms with Crippen LogP contribution in [0.4, 0.5) is 5.69 Å². The number of carbonyl (C=O) groups is 1. The summed E-state index contributed by atoms with van der Waals surface area (Å²) < 4.78 is 1.25. The largest absolute Gasteiger partial charge is 0.326 e. The van der Waals surface area contributed by atoms with Crippen molar-refractivity contribution in [1.82, 2.24) is 0 Å². The van der Waals surface area contributed by atoms with Crippen molar-refractivity contribution in [3.8, 4) is 11.1 Å². The van der Waals surface area contributed by atoms with Crippen LogP contribution in [0.2, 0.25) is 0 Å². The maximum Gasteiger partial charge on any atom is 0.221 e. The Morgan fingerprint density at radius 1 is 1.22 bits per heavy atom. The summed E-state index contributed by atoms with van der Waals surface area (Å²) >= 11 is 2.33. The normalized spacial score (nSPS) is 11.9. The van der Waals surface area contributed by atoms with Gasteiger partial charge < -0.3 is 5.32 Å². The van der Waals surface area contributed by atoms with Gasteiger partial charge in [0.05, 0.1) is 0 Å². The van der Waals surface area contributed by atoms with Gasteiger partial charge in [0.2, 0.25) is 5.91 Å². The maximum atomic E-state index is 11.2. The van der Waals surface area contributed by atoms with E-state index >= 15 is 0 Å². The molecule has 3 rings (SSSR count). The molecule has 1 N–H and O–H groups in total. The molecule has 0 fully saturated rings. The molecule has 90 valence electrons. The Bertz CT molecular complexity index is 649. The molecular formula is C15H12INO. The molecule has 2 nitrogen and oxygen atoms in total. The molecule has 0 aromatic heterocycles. The van der Waals surface area contributed by atoms with E-state index in [0.29, 0.717) is 0 Å². The lowest BCUT2D eigenvalue weighted by atomic mass is 10.1. The van der Waals surface area contributed by atoms with E-state index in [9.17, 15) is 4.79 Å². The van der Waals surface area contributed by atoms with Crippen LogP contribution >= 0.6 is 22.6 Å².